The van der Waals surface area contributed by atoms with Gasteiger partial charge in [-0.05, 0) is 50.2 Å². The number of nitrogens with one attached hydrogen (secondary N) is 2. The molecule has 0 heterocycles. The second-order valence-corrected chi connectivity index (χ2v) is 7.65. The molecule has 0 spiro atoms. The third-order valence-electron chi connectivity index (χ3n) is 3.21. The Morgan fingerprint density at radius 1 is 1.11 bits per heavy atom. The maximum absolute atomic E-state index is 13.1. The van der Waals surface area contributed by atoms with Crippen LogP contribution in [0.15, 0.2) is 53.4 Å². The van der Waals surface area contributed by atoms with Crippen LogP contribution in [0.25, 0.3) is 0 Å². The van der Waals surface area contributed by atoms with Crippen LogP contribution in [0.2, 0.25) is 0 Å². The zero-order chi connectivity index (χ0) is 20.0. The number of hydrogen-bond acceptors (Lipinski definition) is 5. The number of benzene rings is 2. The molecule has 2 N–H and O–H groups in total. The molecule has 144 valence electrons. The molecule has 27 heavy (non-hydrogen) atoms. The number of halogens is 1. The second-order valence-electron chi connectivity index (χ2n) is 5.94. The number of ether oxygens (including phenoxy) is 1. The van der Waals surface area contributed by atoms with Gasteiger partial charge in [-0.1, -0.05) is 12.1 Å². The molecule has 0 atom stereocenters. The summed E-state index contributed by atoms with van der Waals surface area (Å²) in [4.78, 5) is 23.8. The summed E-state index contributed by atoms with van der Waals surface area (Å²) in [6.07, 6.45) is 0. The number of rotatable bonds is 7. The number of hydrogen-bond donors (Lipinski definition) is 2. The molecule has 1 amide bonds. The zero-order valence-electron chi connectivity index (χ0n) is 14.7. The van der Waals surface area contributed by atoms with Crippen LogP contribution < -0.4 is 10.0 Å². The Morgan fingerprint density at radius 2 is 1.81 bits per heavy atom. The van der Waals surface area contributed by atoms with Crippen molar-refractivity contribution in [3.8, 4) is 0 Å². The molecule has 0 bridgehead atoms. The fourth-order valence-corrected chi connectivity index (χ4v) is 3.44. The first-order chi connectivity index (χ1) is 12.7. The van der Waals surface area contributed by atoms with Gasteiger partial charge in [0.25, 0.3) is 5.91 Å². The molecule has 0 unspecified atom stereocenters. The molecule has 7 nitrogen and oxygen atoms in total. The van der Waals surface area contributed by atoms with Crippen molar-refractivity contribution in [3.63, 3.8) is 0 Å². The van der Waals surface area contributed by atoms with E-state index in [1.165, 1.54) is 36.4 Å². The van der Waals surface area contributed by atoms with Gasteiger partial charge in [0.05, 0.1) is 10.5 Å². The molecule has 0 aliphatic heterocycles. The van der Waals surface area contributed by atoms with Gasteiger partial charge in [-0.3, -0.25) is 4.79 Å². The number of anilines is 1. The lowest BCUT2D eigenvalue weighted by atomic mass is 10.2. The van der Waals surface area contributed by atoms with Crippen LogP contribution in [0.3, 0.4) is 0 Å². The van der Waals surface area contributed by atoms with E-state index >= 15 is 0 Å². The third-order valence-corrected chi connectivity index (χ3v) is 4.87. The van der Waals surface area contributed by atoms with E-state index in [2.05, 4.69) is 10.0 Å². The number of amides is 1. The largest absolute Gasteiger partial charge is 0.452 e. The molecule has 2 rings (SSSR count). The predicted molar refractivity (Wildman–Crippen MR) is 97.2 cm³/mol. The van der Waals surface area contributed by atoms with E-state index in [-0.39, 0.29) is 22.2 Å². The van der Waals surface area contributed by atoms with Gasteiger partial charge in [0.2, 0.25) is 10.0 Å². The maximum Gasteiger partial charge on any atom is 0.338 e. The molecule has 2 aromatic carbocycles. The zero-order valence-corrected chi connectivity index (χ0v) is 15.5. The Labute approximate surface area is 156 Å². The van der Waals surface area contributed by atoms with Crippen LogP contribution in [0.1, 0.15) is 24.2 Å². The van der Waals surface area contributed by atoms with Crippen molar-refractivity contribution in [1.82, 2.24) is 4.72 Å². The Balaban J connectivity index is 2.00. The summed E-state index contributed by atoms with van der Waals surface area (Å²) in [5, 5.41) is 2.38. The number of esters is 1. The maximum atomic E-state index is 13.1. The monoisotopic (exact) mass is 394 g/mol. The topological polar surface area (TPSA) is 102 Å². The van der Waals surface area contributed by atoms with E-state index in [4.69, 9.17) is 4.74 Å². The highest BCUT2D eigenvalue weighted by molar-refractivity contribution is 7.89. The van der Waals surface area contributed by atoms with Gasteiger partial charge in [-0.25, -0.2) is 22.3 Å². The highest BCUT2D eigenvalue weighted by Crippen LogP contribution is 2.13. The van der Waals surface area contributed by atoms with Crippen LogP contribution >= 0.6 is 0 Å². The van der Waals surface area contributed by atoms with Gasteiger partial charge in [-0.2, -0.15) is 0 Å². The molecule has 0 fully saturated rings. The highest BCUT2D eigenvalue weighted by atomic mass is 32.2. The Morgan fingerprint density at radius 3 is 2.48 bits per heavy atom. The summed E-state index contributed by atoms with van der Waals surface area (Å²) in [5.74, 6) is -2.02. The normalized spacial score (nSPS) is 11.3. The van der Waals surface area contributed by atoms with Gasteiger partial charge < -0.3 is 10.1 Å². The molecule has 2 aromatic rings. The summed E-state index contributed by atoms with van der Waals surface area (Å²) in [6.45, 7) is 2.75. The Bertz CT molecular complexity index is 944. The fraction of sp³-hybridized carbons (Fsp3) is 0.222. The molecular weight excluding hydrogens is 375 g/mol. The van der Waals surface area contributed by atoms with E-state index in [0.717, 1.165) is 12.1 Å². The van der Waals surface area contributed by atoms with E-state index < -0.39 is 34.3 Å². The standard InChI is InChI=1S/C18H19FN2O5S/c1-12(2)21-27(24,25)16-8-3-5-13(9-16)18(23)26-11-17(22)20-15-7-4-6-14(19)10-15/h3-10,12,21H,11H2,1-2H3,(H,20,22). The van der Waals surface area contributed by atoms with Crippen LogP contribution in [0.5, 0.6) is 0 Å². The highest BCUT2D eigenvalue weighted by Gasteiger charge is 2.18. The van der Waals surface area contributed by atoms with Crippen molar-refractivity contribution < 1.29 is 27.1 Å². The van der Waals surface area contributed by atoms with E-state index in [1.807, 2.05) is 0 Å². The first-order valence-electron chi connectivity index (χ1n) is 8.02. The van der Waals surface area contributed by atoms with Crippen LogP contribution in [-0.4, -0.2) is 32.9 Å². The van der Waals surface area contributed by atoms with Crippen molar-refractivity contribution in [2.75, 3.05) is 11.9 Å². The molecule has 0 radical (unpaired) electrons. The second kappa shape index (κ2) is 8.74. The summed E-state index contributed by atoms with van der Waals surface area (Å²) < 4.78 is 44.7. The SMILES string of the molecule is CC(C)NS(=O)(=O)c1cccc(C(=O)OCC(=O)Nc2cccc(F)c2)c1. The predicted octanol–water partition coefficient (Wildman–Crippen LogP) is 2.31. The minimum atomic E-state index is -3.76. The molecule has 0 aliphatic carbocycles. The van der Waals surface area contributed by atoms with Crippen molar-refractivity contribution in [2.24, 2.45) is 0 Å². The Kier molecular flexibility index (Phi) is 6.65. The van der Waals surface area contributed by atoms with Gasteiger partial charge in [0, 0.05) is 11.7 Å². The summed E-state index contributed by atoms with van der Waals surface area (Å²) in [6, 6.07) is 10.2. The van der Waals surface area contributed by atoms with Crippen LogP contribution in [0, 0.1) is 5.82 Å². The lowest BCUT2D eigenvalue weighted by Crippen LogP contribution is -2.30. The summed E-state index contributed by atoms with van der Waals surface area (Å²) in [5.41, 5.74) is 0.212. The summed E-state index contributed by atoms with van der Waals surface area (Å²) >= 11 is 0. The van der Waals surface area contributed by atoms with Gasteiger partial charge in [0.15, 0.2) is 6.61 Å². The quantitative estimate of drug-likeness (QED) is 0.702. The van der Waals surface area contributed by atoms with E-state index in [9.17, 15) is 22.4 Å². The Hall–Kier alpha value is -2.78. The molecular formula is C18H19FN2O5S. The van der Waals surface area contributed by atoms with Crippen molar-refractivity contribution in [1.29, 1.82) is 0 Å². The van der Waals surface area contributed by atoms with Crippen molar-refractivity contribution in [2.45, 2.75) is 24.8 Å². The molecule has 0 aliphatic rings. The van der Waals surface area contributed by atoms with Crippen molar-refractivity contribution in [3.05, 3.63) is 59.9 Å². The van der Waals surface area contributed by atoms with Gasteiger partial charge in [0.1, 0.15) is 5.82 Å². The number of carbonyl (C=O) groups excluding carboxylic acids is 2. The average Bonchev–Trinajstić information content (AvgIpc) is 2.59. The number of carbonyl (C=O) groups is 2. The third kappa shape index (κ3) is 6.15. The minimum absolute atomic E-state index is 0.0137. The van der Waals surface area contributed by atoms with Crippen LogP contribution in [0.4, 0.5) is 10.1 Å². The van der Waals surface area contributed by atoms with Crippen LogP contribution in [-0.2, 0) is 19.6 Å². The molecule has 9 heteroatoms. The number of sulfonamides is 1. The van der Waals surface area contributed by atoms with E-state index in [0.29, 0.717) is 0 Å². The lowest BCUT2D eigenvalue weighted by molar-refractivity contribution is -0.119. The van der Waals surface area contributed by atoms with Crippen molar-refractivity contribution >= 4 is 27.6 Å². The molecule has 0 aromatic heterocycles. The average molecular weight is 394 g/mol. The van der Waals surface area contributed by atoms with Gasteiger partial charge >= 0.3 is 5.97 Å². The molecule has 0 saturated carbocycles. The van der Waals surface area contributed by atoms with Gasteiger partial charge in [-0.15, -0.1) is 0 Å². The lowest BCUT2D eigenvalue weighted by Gasteiger charge is -2.11. The first-order valence-corrected chi connectivity index (χ1v) is 9.50. The first kappa shape index (κ1) is 20.5. The minimum Gasteiger partial charge on any atom is -0.452 e. The van der Waals surface area contributed by atoms with E-state index in [1.54, 1.807) is 13.8 Å². The molecule has 0 saturated heterocycles. The fourth-order valence-electron chi connectivity index (χ4n) is 2.15. The smallest absolute Gasteiger partial charge is 0.338 e. The summed E-state index contributed by atoms with van der Waals surface area (Å²) in [7, 11) is -3.76.